The van der Waals surface area contributed by atoms with E-state index >= 15 is 0 Å². The molecule has 2 aromatic rings. The molecule has 6 heteroatoms. The summed E-state index contributed by atoms with van der Waals surface area (Å²) in [6, 6.07) is 16.6. The van der Waals surface area contributed by atoms with Crippen LogP contribution in [0.3, 0.4) is 0 Å². The summed E-state index contributed by atoms with van der Waals surface area (Å²) >= 11 is 0. The second-order valence-corrected chi connectivity index (χ2v) is 6.96. The number of para-hydroxylation sites is 1. The Balaban J connectivity index is 2.13. The topological polar surface area (TPSA) is 70.8 Å². The quantitative estimate of drug-likeness (QED) is 0.708. The van der Waals surface area contributed by atoms with E-state index in [0.717, 1.165) is 5.75 Å². The van der Waals surface area contributed by atoms with Crippen LogP contribution in [-0.4, -0.2) is 13.2 Å². The zero-order chi connectivity index (χ0) is 16.7. The van der Waals surface area contributed by atoms with Crippen LogP contribution in [0.1, 0.15) is 25.2 Å². The SMILES string of the molecule is CCOP(=O)(OCC)[C@H](N)c1ccc(Oc2ccccc2)cc1. The van der Waals surface area contributed by atoms with Crippen molar-refractivity contribution in [3.63, 3.8) is 0 Å². The van der Waals surface area contributed by atoms with Crippen LogP contribution in [-0.2, 0) is 13.6 Å². The normalized spacial score (nSPS) is 12.8. The Hall–Kier alpha value is -1.65. The highest BCUT2D eigenvalue weighted by atomic mass is 31.2. The van der Waals surface area contributed by atoms with Gasteiger partial charge in [-0.1, -0.05) is 30.3 Å². The van der Waals surface area contributed by atoms with E-state index in [-0.39, 0.29) is 13.2 Å². The third kappa shape index (κ3) is 4.66. The summed E-state index contributed by atoms with van der Waals surface area (Å²) in [5, 5.41) is 0. The van der Waals surface area contributed by atoms with E-state index in [2.05, 4.69) is 0 Å². The molecule has 0 unspecified atom stereocenters. The standard InChI is InChI=1S/C17H22NO4P/c1-3-20-23(19,21-4-2)17(18)14-10-12-16(13-11-14)22-15-8-6-5-7-9-15/h5-13,17H,3-4,18H2,1-2H3/t17-/m0/s1. The molecule has 0 bridgehead atoms. The smallest absolute Gasteiger partial charge is 0.351 e. The van der Waals surface area contributed by atoms with E-state index in [4.69, 9.17) is 19.5 Å². The van der Waals surface area contributed by atoms with Gasteiger partial charge in [0.1, 0.15) is 17.3 Å². The van der Waals surface area contributed by atoms with Gasteiger partial charge in [-0.3, -0.25) is 4.57 Å². The first-order valence-electron chi connectivity index (χ1n) is 7.56. The van der Waals surface area contributed by atoms with Crippen LogP contribution in [0.25, 0.3) is 0 Å². The Morgan fingerprint density at radius 2 is 1.43 bits per heavy atom. The highest BCUT2D eigenvalue weighted by Crippen LogP contribution is 2.58. The average Bonchev–Trinajstić information content (AvgIpc) is 2.56. The Labute approximate surface area is 136 Å². The first-order chi connectivity index (χ1) is 11.1. The van der Waals surface area contributed by atoms with Crippen molar-refractivity contribution in [3.8, 4) is 11.5 Å². The van der Waals surface area contributed by atoms with Gasteiger partial charge in [-0.05, 0) is 43.7 Å². The van der Waals surface area contributed by atoms with Crippen LogP contribution in [0.4, 0.5) is 0 Å². The Kier molecular flexibility index (Phi) is 6.37. The van der Waals surface area contributed by atoms with Gasteiger partial charge in [-0.25, -0.2) is 0 Å². The highest BCUT2D eigenvalue weighted by Gasteiger charge is 2.33. The molecule has 0 saturated heterocycles. The minimum atomic E-state index is -3.38. The van der Waals surface area contributed by atoms with Gasteiger partial charge in [0.25, 0.3) is 0 Å². The maximum absolute atomic E-state index is 12.7. The van der Waals surface area contributed by atoms with Crippen LogP contribution >= 0.6 is 7.60 Å². The molecule has 0 aliphatic rings. The molecule has 5 nitrogen and oxygen atoms in total. The number of hydrogen-bond donors (Lipinski definition) is 1. The molecule has 0 saturated carbocycles. The Morgan fingerprint density at radius 3 is 1.96 bits per heavy atom. The molecule has 0 spiro atoms. The van der Waals surface area contributed by atoms with Crippen molar-refractivity contribution in [1.29, 1.82) is 0 Å². The first-order valence-corrected chi connectivity index (χ1v) is 9.17. The van der Waals surface area contributed by atoms with Gasteiger partial charge >= 0.3 is 7.60 Å². The van der Waals surface area contributed by atoms with Crippen LogP contribution in [0.15, 0.2) is 54.6 Å². The molecule has 0 aliphatic carbocycles. The number of nitrogens with two attached hydrogens (primary N) is 1. The summed E-state index contributed by atoms with van der Waals surface area (Å²) in [6.07, 6.45) is 0. The molecule has 0 fully saturated rings. The zero-order valence-corrected chi connectivity index (χ0v) is 14.2. The molecule has 0 amide bonds. The van der Waals surface area contributed by atoms with E-state index in [9.17, 15) is 4.57 Å². The number of ether oxygens (including phenoxy) is 1. The lowest BCUT2D eigenvalue weighted by Gasteiger charge is -2.23. The number of rotatable bonds is 8. The van der Waals surface area contributed by atoms with Crippen LogP contribution < -0.4 is 10.5 Å². The van der Waals surface area contributed by atoms with Gasteiger partial charge in [0.05, 0.1) is 13.2 Å². The van der Waals surface area contributed by atoms with Crippen LogP contribution in [0.5, 0.6) is 11.5 Å². The molecule has 2 N–H and O–H groups in total. The lowest BCUT2D eigenvalue weighted by Crippen LogP contribution is -2.14. The molecule has 0 heterocycles. The summed E-state index contributed by atoms with van der Waals surface area (Å²) < 4.78 is 29.0. The van der Waals surface area contributed by atoms with Crippen molar-refractivity contribution < 1.29 is 18.3 Å². The predicted molar refractivity (Wildman–Crippen MR) is 90.7 cm³/mol. The molecule has 0 aromatic heterocycles. The van der Waals surface area contributed by atoms with Gasteiger partial charge in [0.2, 0.25) is 0 Å². The van der Waals surface area contributed by atoms with Crippen molar-refractivity contribution in [1.82, 2.24) is 0 Å². The summed E-state index contributed by atoms with van der Waals surface area (Å²) in [7, 11) is -3.38. The third-order valence-corrected chi connectivity index (χ3v) is 5.38. The van der Waals surface area contributed by atoms with Gasteiger partial charge in [0, 0.05) is 0 Å². The minimum Gasteiger partial charge on any atom is -0.457 e. The summed E-state index contributed by atoms with van der Waals surface area (Å²) in [4.78, 5) is 0. The predicted octanol–water partition coefficient (Wildman–Crippen LogP) is 4.70. The molecule has 1 atom stereocenters. The average molecular weight is 335 g/mol. The molecule has 23 heavy (non-hydrogen) atoms. The van der Waals surface area contributed by atoms with Gasteiger partial charge in [-0.15, -0.1) is 0 Å². The molecule has 2 rings (SSSR count). The van der Waals surface area contributed by atoms with Crippen molar-refractivity contribution in [2.45, 2.75) is 19.6 Å². The Morgan fingerprint density at radius 1 is 0.913 bits per heavy atom. The van der Waals surface area contributed by atoms with Gasteiger partial charge < -0.3 is 19.5 Å². The fourth-order valence-electron chi connectivity index (χ4n) is 2.10. The molecule has 0 aliphatic heterocycles. The molecule has 124 valence electrons. The van der Waals surface area contributed by atoms with Crippen molar-refractivity contribution in [3.05, 3.63) is 60.2 Å². The van der Waals surface area contributed by atoms with E-state index in [1.165, 1.54) is 0 Å². The summed E-state index contributed by atoms with van der Waals surface area (Å²) in [5.41, 5.74) is 6.77. The largest absolute Gasteiger partial charge is 0.457 e. The fraction of sp³-hybridized carbons (Fsp3) is 0.294. The lowest BCUT2D eigenvalue weighted by molar-refractivity contribution is 0.212. The van der Waals surface area contributed by atoms with Crippen molar-refractivity contribution in [2.75, 3.05) is 13.2 Å². The zero-order valence-electron chi connectivity index (χ0n) is 13.3. The number of benzene rings is 2. The second kappa shape index (κ2) is 8.27. The molecular weight excluding hydrogens is 313 g/mol. The van der Waals surface area contributed by atoms with Gasteiger partial charge in [-0.2, -0.15) is 0 Å². The van der Waals surface area contributed by atoms with Gasteiger partial charge in [0.15, 0.2) is 0 Å². The molecule has 2 aromatic carbocycles. The van der Waals surface area contributed by atoms with Crippen LogP contribution in [0.2, 0.25) is 0 Å². The fourth-order valence-corrected chi connectivity index (χ4v) is 3.75. The van der Waals surface area contributed by atoms with E-state index in [1.807, 2.05) is 30.3 Å². The highest BCUT2D eigenvalue weighted by molar-refractivity contribution is 7.54. The summed E-state index contributed by atoms with van der Waals surface area (Å²) in [6.45, 7) is 4.07. The van der Waals surface area contributed by atoms with Crippen molar-refractivity contribution in [2.24, 2.45) is 5.73 Å². The lowest BCUT2D eigenvalue weighted by atomic mass is 10.2. The van der Waals surface area contributed by atoms with E-state index < -0.39 is 13.4 Å². The molecule has 0 radical (unpaired) electrons. The monoisotopic (exact) mass is 335 g/mol. The van der Waals surface area contributed by atoms with E-state index in [1.54, 1.807) is 38.1 Å². The maximum Gasteiger partial charge on any atom is 0.351 e. The minimum absolute atomic E-state index is 0.278. The number of hydrogen-bond acceptors (Lipinski definition) is 5. The maximum atomic E-state index is 12.7. The Bertz CT molecular complexity index is 635. The third-order valence-electron chi connectivity index (χ3n) is 3.16. The first kappa shape index (κ1) is 17.7. The van der Waals surface area contributed by atoms with E-state index in [0.29, 0.717) is 11.3 Å². The summed E-state index contributed by atoms with van der Waals surface area (Å²) in [5.74, 6) is 0.599. The molecular formula is C17H22NO4P. The van der Waals surface area contributed by atoms with Crippen molar-refractivity contribution >= 4 is 7.60 Å². The van der Waals surface area contributed by atoms with Crippen LogP contribution in [0, 0.1) is 0 Å². The second-order valence-electron chi connectivity index (χ2n) is 4.80.